The van der Waals surface area contributed by atoms with Gasteiger partial charge in [-0.3, -0.25) is 9.89 Å². The van der Waals surface area contributed by atoms with Crippen molar-refractivity contribution in [1.82, 2.24) is 15.1 Å². The number of aryl methyl sites for hydroxylation is 2. The Bertz CT molecular complexity index is 1110. The SMILES string of the molecule is CCCCOc1ccc(C2c3c(-c4c(C)cc(C)cc4O)n[nH]c3C(=O)N2CCCC)cc1. The summed E-state index contributed by atoms with van der Waals surface area (Å²) in [6.45, 7) is 9.54. The van der Waals surface area contributed by atoms with Crippen molar-refractivity contribution < 1.29 is 14.6 Å². The number of rotatable bonds is 9. The van der Waals surface area contributed by atoms with Crippen molar-refractivity contribution in [2.75, 3.05) is 13.2 Å². The molecule has 6 heteroatoms. The molecule has 0 saturated carbocycles. The Morgan fingerprint density at radius 1 is 1.09 bits per heavy atom. The second kappa shape index (κ2) is 9.69. The lowest BCUT2D eigenvalue weighted by Crippen LogP contribution is -2.30. The van der Waals surface area contributed by atoms with E-state index in [1.807, 2.05) is 49.1 Å². The molecule has 174 valence electrons. The number of aromatic hydroxyl groups is 1. The second-order valence-electron chi connectivity index (χ2n) is 8.86. The highest BCUT2D eigenvalue weighted by atomic mass is 16.5. The van der Waals surface area contributed by atoms with Crippen LogP contribution in [-0.4, -0.2) is 39.3 Å². The number of benzene rings is 2. The summed E-state index contributed by atoms with van der Waals surface area (Å²) < 4.78 is 5.83. The summed E-state index contributed by atoms with van der Waals surface area (Å²) in [7, 11) is 0. The Hall–Kier alpha value is -3.28. The van der Waals surface area contributed by atoms with Gasteiger partial charge in [0.15, 0.2) is 0 Å². The van der Waals surface area contributed by atoms with Crippen molar-refractivity contribution in [3.63, 3.8) is 0 Å². The number of phenolic OH excluding ortho intramolecular Hbond substituents is 1. The smallest absolute Gasteiger partial charge is 0.273 e. The maximum atomic E-state index is 13.4. The number of carbonyl (C=O) groups is 1. The number of unbranched alkanes of at least 4 members (excludes halogenated alkanes) is 2. The molecule has 0 spiro atoms. The first-order valence-electron chi connectivity index (χ1n) is 11.9. The minimum atomic E-state index is -0.266. The van der Waals surface area contributed by atoms with E-state index in [4.69, 9.17) is 4.74 Å². The third-order valence-electron chi connectivity index (χ3n) is 6.27. The average molecular weight is 448 g/mol. The minimum Gasteiger partial charge on any atom is -0.507 e. The Morgan fingerprint density at radius 3 is 2.48 bits per heavy atom. The van der Waals surface area contributed by atoms with E-state index in [1.54, 1.807) is 6.07 Å². The van der Waals surface area contributed by atoms with Gasteiger partial charge in [-0.2, -0.15) is 5.10 Å². The Labute approximate surface area is 195 Å². The lowest BCUT2D eigenvalue weighted by molar-refractivity contribution is 0.0741. The van der Waals surface area contributed by atoms with E-state index in [0.29, 0.717) is 30.1 Å². The average Bonchev–Trinajstić information content (AvgIpc) is 3.31. The van der Waals surface area contributed by atoms with E-state index in [1.165, 1.54) is 0 Å². The van der Waals surface area contributed by atoms with Crippen LogP contribution in [0.25, 0.3) is 11.3 Å². The number of aromatic nitrogens is 2. The fourth-order valence-corrected chi connectivity index (χ4v) is 4.63. The highest BCUT2D eigenvalue weighted by Gasteiger charge is 2.42. The summed E-state index contributed by atoms with van der Waals surface area (Å²) >= 11 is 0. The van der Waals surface area contributed by atoms with Crippen molar-refractivity contribution in [2.24, 2.45) is 0 Å². The summed E-state index contributed by atoms with van der Waals surface area (Å²) in [5, 5.41) is 18.3. The summed E-state index contributed by atoms with van der Waals surface area (Å²) in [5.74, 6) is 0.964. The topological polar surface area (TPSA) is 78.5 Å². The molecule has 1 unspecified atom stereocenters. The van der Waals surface area contributed by atoms with Crippen LogP contribution < -0.4 is 4.74 Å². The predicted molar refractivity (Wildman–Crippen MR) is 130 cm³/mol. The maximum Gasteiger partial charge on any atom is 0.273 e. The molecule has 1 aromatic heterocycles. The Kier molecular flexibility index (Phi) is 6.72. The lowest BCUT2D eigenvalue weighted by Gasteiger charge is -2.26. The Balaban J connectivity index is 1.78. The molecule has 2 heterocycles. The van der Waals surface area contributed by atoms with Crippen LogP contribution in [0.15, 0.2) is 36.4 Å². The summed E-state index contributed by atoms with van der Waals surface area (Å²) in [5.41, 5.74) is 5.57. The first-order chi connectivity index (χ1) is 16.0. The molecule has 0 saturated heterocycles. The van der Waals surface area contributed by atoms with Crippen molar-refractivity contribution in [2.45, 2.75) is 59.4 Å². The second-order valence-corrected chi connectivity index (χ2v) is 8.86. The van der Waals surface area contributed by atoms with E-state index in [9.17, 15) is 9.90 Å². The third-order valence-corrected chi connectivity index (χ3v) is 6.27. The van der Waals surface area contributed by atoms with Gasteiger partial charge in [0.1, 0.15) is 22.9 Å². The van der Waals surface area contributed by atoms with Gasteiger partial charge in [-0.05, 0) is 61.6 Å². The van der Waals surface area contributed by atoms with Crippen LogP contribution >= 0.6 is 0 Å². The fraction of sp³-hybridized carbons (Fsp3) is 0.407. The number of H-pyrrole nitrogens is 1. The number of nitrogens with zero attached hydrogens (tertiary/aromatic N) is 2. The van der Waals surface area contributed by atoms with Gasteiger partial charge in [0.05, 0.1) is 12.6 Å². The third kappa shape index (κ3) is 4.34. The number of aromatic amines is 1. The van der Waals surface area contributed by atoms with E-state index >= 15 is 0 Å². The standard InChI is InChI=1S/C27H33N3O3/c1-5-7-13-30-26(19-9-11-20(12-10-19)33-14-8-6-2)23-24(28-29-25(23)27(30)32)22-18(4)15-17(3)16-21(22)31/h9-12,15-16,26,31H,5-8,13-14H2,1-4H3,(H,28,29). The molecule has 0 bridgehead atoms. The maximum absolute atomic E-state index is 13.4. The molecule has 1 aliphatic rings. The quantitative estimate of drug-likeness (QED) is 0.399. The van der Waals surface area contributed by atoms with Crippen LogP contribution in [0.1, 0.15) is 78.3 Å². The summed E-state index contributed by atoms with van der Waals surface area (Å²) in [4.78, 5) is 15.3. The molecule has 33 heavy (non-hydrogen) atoms. The molecule has 1 amide bonds. The number of carbonyl (C=O) groups excluding carboxylic acids is 1. The first kappa shape index (κ1) is 22.9. The molecular weight excluding hydrogens is 414 g/mol. The number of fused-ring (bicyclic) bond motifs is 1. The van der Waals surface area contributed by atoms with Crippen LogP contribution in [0, 0.1) is 13.8 Å². The molecule has 0 radical (unpaired) electrons. The number of nitrogens with one attached hydrogen (secondary N) is 1. The summed E-state index contributed by atoms with van der Waals surface area (Å²) in [6, 6.07) is 11.5. The van der Waals surface area contributed by atoms with Gasteiger partial charge >= 0.3 is 0 Å². The van der Waals surface area contributed by atoms with Gasteiger partial charge in [-0.1, -0.05) is 44.9 Å². The zero-order valence-electron chi connectivity index (χ0n) is 19.9. The molecule has 1 atom stereocenters. The number of amides is 1. The van der Waals surface area contributed by atoms with Crippen LogP contribution in [0.3, 0.4) is 0 Å². The number of hydrogen-bond donors (Lipinski definition) is 2. The molecule has 3 aromatic rings. The van der Waals surface area contributed by atoms with Crippen molar-refractivity contribution >= 4 is 5.91 Å². The lowest BCUT2D eigenvalue weighted by atomic mass is 9.93. The van der Waals surface area contributed by atoms with Crippen LogP contribution in [-0.2, 0) is 0 Å². The van der Waals surface area contributed by atoms with Gasteiger partial charge in [0.25, 0.3) is 5.91 Å². The zero-order valence-corrected chi connectivity index (χ0v) is 19.9. The van der Waals surface area contributed by atoms with Crippen molar-refractivity contribution in [1.29, 1.82) is 0 Å². The van der Waals surface area contributed by atoms with Gasteiger partial charge < -0.3 is 14.7 Å². The molecule has 2 aromatic carbocycles. The molecule has 2 N–H and O–H groups in total. The van der Waals surface area contributed by atoms with Crippen molar-refractivity contribution in [3.8, 4) is 22.8 Å². The van der Waals surface area contributed by atoms with Crippen LogP contribution in [0.5, 0.6) is 11.5 Å². The van der Waals surface area contributed by atoms with E-state index < -0.39 is 0 Å². The van der Waals surface area contributed by atoms with E-state index in [2.05, 4.69) is 24.0 Å². The number of ether oxygens (including phenoxy) is 1. The number of hydrogen-bond acceptors (Lipinski definition) is 4. The van der Waals surface area contributed by atoms with Crippen LogP contribution in [0.2, 0.25) is 0 Å². The molecule has 4 rings (SSSR count). The predicted octanol–water partition coefficient (Wildman–Crippen LogP) is 5.92. The van der Waals surface area contributed by atoms with Crippen molar-refractivity contribution in [3.05, 3.63) is 64.3 Å². The minimum absolute atomic E-state index is 0.0465. The molecular formula is C27H33N3O3. The monoisotopic (exact) mass is 447 g/mol. The largest absolute Gasteiger partial charge is 0.507 e. The highest BCUT2D eigenvalue weighted by Crippen LogP contribution is 2.45. The van der Waals surface area contributed by atoms with Gasteiger partial charge in [-0.25, -0.2) is 0 Å². The molecule has 6 nitrogen and oxygen atoms in total. The van der Waals surface area contributed by atoms with Crippen LogP contribution in [0.4, 0.5) is 0 Å². The Morgan fingerprint density at radius 2 is 1.82 bits per heavy atom. The zero-order chi connectivity index (χ0) is 23.5. The van der Waals surface area contributed by atoms with E-state index in [-0.39, 0.29) is 17.7 Å². The normalized spacial score (nSPS) is 15.2. The first-order valence-corrected chi connectivity index (χ1v) is 11.9. The van der Waals surface area contributed by atoms with Gasteiger partial charge in [0, 0.05) is 17.7 Å². The summed E-state index contributed by atoms with van der Waals surface area (Å²) in [6.07, 6.45) is 4.02. The number of phenols is 1. The molecule has 1 aliphatic heterocycles. The van der Waals surface area contributed by atoms with Gasteiger partial charge in [-0.15, -0.1) is 0 Å². The van der Waals surface area contributed by atoms with Gasteiger partial charge in [0.2, 0.25) is 0 Å². The fourth-order valence-electron chi connectivity index (χ4n) is 4.63. The highest BCUT2D eigenvalue weighted by molar-refractivity contribution is 6.00. The van der Waals surface area contributed by atoms with E-state index in [0.717, 1.165) is 53.7 Å². The molecule has 0 fully saturated rings. The molecule has 0 aliphatic carbocycles.